The molecule has 3 nitrogen and oxygen atoms in total. The van der Waals surface area contributed by atoms with E-state index in [1.807, 2.05) is 13.8 Å². The van der Waals surface area contributed by atoms with Gasteiger partial charge in [0, 0.05) is 24.2 Å². The Hall–Kier alpha value is -1.13. The Labute approximate surface area is 105 Å². The van der Waals surface area contributed by atoms with Crippen molar-refractivity contribution in [1.29, 1.82) is 0 Å². The third-order valence-corrected chi connectivity index (χ3v) is 2.37. The number of hydrogen-bond acceptors (Lipinski definition) is 2. The SMILES string of the molecule is CC(C)NCCNC(=O)c1ccc(Cl)cc1F. The molecule has 0 bridgehead atoms. The van der Waals surface area contributed by atoms with E-state index in [1.165, 1.54) is 12.1 Å². The Morgan fingerprint density at radius 2 is 2.12 bits per heavy atom. The van der Waals surface area contributed by atoms with Crippen LogP contribution in [0.1, 0.15) is 24.2 Å². The highest BCUT2D eigenvalue weighted by Gasteiger charge is 2.10. The molecule has 0 saturated heterocycles. The maximum Gasteiger partial charge on any atom is 0.254 e. The summed E-state index contributed by atoms with van der Waals surface area (Å²) in [5.41, 5.74) is 0.0129. The van der Waals surface area contributed by atoms with Crippen LogP contribution in [0.3, 0.4) is 0 Å². The van der Waals surface area contributed by atoms with E-state index in [-0.39, 0.29) is 10.6 Å². The predicted molar refractivity (Wildman–Crippen MR) is 66.9 cm³/mol. The standard InChI is InChI=1S/C12H16ClFN2O/c1-8(2)15-5-6-16-12(17)10-4-3-9(13)7-11(10)14/h3-4,7-8,15H,5-6H2,1-2H3,(H,16,17). The van der Waals surface area contributed by atoms with Gasteiger partial charge in [-0.1, -0.05) is 25.4 Å². The summed E-state index contributed by atoms with van der Waals surface area (Å²) in [4.78, 5) is 11.6. The van der Waals surface area contributed by atoms with Crippen molar-refractivity contribution in [3.05, 3.63) is 34.6 Å². The maximum atomic E-state index is 13.4. The smallest absolute Gasteiger partial charge is 0.254 e. The van der Waals surface area contributed by atoms with Gasteiger partial charge in [0.05, 0.1) is 5.56 Å². The molecule has 1 amide bonds. The van der Waals surface area contributed by atoms with Gasteiger partial charge in [-0.3, -0.25) is 4.79 Å². The lowest BCUT2D eigenvalue weighted by Gasteiger charge is -2.09. The number of carbonyl (C=O) groups is 1. The summed E-state index contributed by atoms with van der Waals surface area (Å²) >= 11 is 5.60. The molecule has 2 N–H and O–H groups in total. The zero-order valence-corrected chi connectivity index (χ0v) is 10.6. The van der Waals surface area contributed by atoms with Crippen molar-refractivity contribution in [3.63, 3.8) is 0 Å². The first kappa shape index (κ1) is 13.9. The summed E-state index contributed by atoms with van der Waals surface area (Å²) in [5, 5.41) is 6.05. The molecular formula is C12H16ClFN2O. The van der Waals surface area contributed by atoms with Gasteiger partial charge in [-0.25, -0.2) is 4.39 Å². The van der Waals surface area contributed by atoms with Crippen LogP contribution in [-0.4, -0.2) is 25.0 Å². The first-order valence-corrected chi connectivity index (χ1v) is 5.85. The number of amides is 1. The highest BCUT2D eigenvalue weighted by atomic mass is 35.5. The van der Waals surface area contributed by atoms with Crippen LogP contribution in [0, 0.1) is 5.82 Å². The minimum atomic E-state index is -0.605. The van der Waals surface area contributed by atoms with Crippen LogP contribution in [0.4, 0.5) is 4.39 Å². The fraction of sp³-hybridized carbons (Fsp3) is 0.417. The molecule has 0 aliphatic heterocycles. The van der Waals surface area contributed by atoms with Crippen LogP contribution >= 0.6 is 11.6 Å². The summed E-state index contributed by atoms with van der Waals surface area (Å²) in [6, 6.07) is 4.36. The molecule has 0 saturated carbocycles. The third kappa shape index (κ3) is 4.71. The van der Waals surface area contributed by atoms with Crippen molar-refractivity contribution in [1.82, 2.24) is 10.6 Å². The number of benzene rings is 1. The first-order valence-electron chi connectivity index (χ1n) is 5.47. The largest absolute Gasteiger partial charge is 0.351 e. The minimum absolute atomic E-state index is 0.0129. The maximum absolute atomic E-state index is 13.4. The molecule has 0 aliphatic carbocycles. The zero-order chi connectivity index (χ0) is 12.8. The summed E-state index contributed by atoms with van der Waals surface area (Å²) in [6.07, 6.45) is 0. The molecule has 17 heavy (non-hydrogen) atoms. The van der Waals surface area contributed by atoms with Crippen molar-refractivity contribution in [2.24, 2.45) is 0 Å². The molecule has 0 aliphatic rings. The third-order valence-electron chi connectivity index (χ3n) is 2.14. The van der Waals surface area contributed by atoms with Gasteiger partial charge in [-0.05, 0) is 18.2 Å². The van der Waals surface area contributed by atoms with Crippen LogP contribution in [0.25, 0.3) is 0 Å². The molecule has 0 heterocycles. The summed E-state index contributed by atoms with van der Waals surface area (Å²) in [7, 11) is 0. The quantitative estimate of drug-likeness (QED) is 0.795. The van der Waals surface area contributed by atoms with Gasteiger partial charge in [-0.2, -0.15) is 0 Å². The van der Waals surface area contributed by atoms with E-state index in [4.69, 9.17) is 11.6 Å². The number of rotatable bonds is 5. The van der Waals surface area contributed by atoms with Crippen molar-refractivity contribution in [3.8, 4) is 0 Å². The Bertz CT molecular complexity index is 396. The molecule has 1 aromatic rings. The lowest BCUT2D eigenvalue weighted by molar-refractivity contribution is 0.0949. The van der Waals surface area contributed by atoms with Crippen molar-refractivity contribution in [2.75, 3.05) is 13.1 Å². The van der Waals surface area contributed by atoms with E-state index in [0.29, 0.717) is 19.1 Å². The number of hydrogen-bond donors (Lipinski definition) is 2. The molecule has 0 atom stereocenters. The van der Waals surface area contributed by atoms with E-state index in [9.17, 15) is 9.18 Å². The fourth-order valence-corrected chi connectivity index (χ4v) is 1.46. The Morgan fingerprint density at radius 1 is 1.41 bits per heavy atom. The normalized spacial score (nSPS) is 10.6. The molecule has 1 rings (SSSR count). The highest BCUT2D eigenvalue weighted by Crippen LogP contribution is 2.14. The van der Waals surface area contributed by atoms with Gasteiger partial charge in [0.2, 0.25) is 0 Å². The zero-order valence-electron chi connectivity index (χ0n) is 9.89. The van der Waals surface area contributed by atoms with Gasteiger partial charge in [0.25, 0.3) is 5.91 Å². The Kier molecular flexibility index (Phi) is 5.38. The van der Waals surface area contributed by atoms with E-state index >= 15 is 0 Å². The average molecular weight is 259 g/mol. The van der Waals surface area contributed by atoms with E-state index < -0.39 is 11.7 Å². The fourth-order valence-electron chi connectivity index (χ4n) is 1.31. The summed E-state index contributed by atoms with van der Waals surface area (Å²) in [5.74, 6) is -1.03. The number of halogens is 2. The van der Waals surface area contributed by atoms with Crippen LogP contribution < -0.4 is 10.6 Å². The minimum Gasteiger partial charge on any atom is -0.351 e. The van der Waals surface area contributed by atoms with Gasteiger partial charge < -0.3 is 10.6 Å². The first-order chi connectivity index (χ1) is 8.00. The van der Waals surface area contributed by atoms with E-state index in [0.717, 1.165) is 6.07 Å². The molecule has 1 aromatic carbocycles. The molecule has 5 heteroatoms. The van der Waals surface area contributed by atoms with Crippen molar-refractivity contribution < 1.29 is 9.18 Å². The topological polar surface area (TPSA) is 41.1 Å². The predicted octanol–water partition coefficient (Wildman–Crippen LogP) is 2.21. The number of nitrogens with one attached hydrogen (secondary N) is 2. The van der Waals surface area contributed by atoms with Gasteiger partial charge in [0.1, 0.15) is 5.82 Å². The van der Waals surface area contributed by atoms with Gasteiger partial charge in [-0.15, -0.1) is 0 Å². The summed E-state index contributed by atoms with van der Waals surface area (Å²) < 4.78 is 13.4. The molecule has 0 unspecified atom stereocenters. The highest BCUT2D eigenvalue weighted by molar-refractivity contribution is 6.30. The molecule has 0 aromatic heterocycles. The lowest BCUT2D eigenvalue weighted by atomic mass is 10.2. The average Bonchev–Trinajstić information content (AvgIpc) is 2.23. The Morgan fingerprint density at radius 3 is 2.71 bits per heavy atom. The van der Waals surface area contributed by atoms with Crippen LogP contribution in [-0.2, 0) is 0 Å². The second-order valence-electron chi connectivity index (χ2n) is 3.99. The summed E-state index contributed by atoms with van der Waals surface area (Å²) in [6.45, 7) is 5.14. The Balaban J connectivity index is 2.47. The second-order valence-corrected chi connectivity index (χ2v) is 4.43. The van der Waals surface area contributed by atoms with Crippen molar-refractivity contribution in [2.45, 2.75) is 19.9 Å². The molecule has 0 spiro atoms. The van der Waals surface area contributed by atoms with Crippen LogP contribution in [0.2, 0.25) is 5.02 Å². The van der Waals surface area contributed by atoms with Crippen LogP contribution in [0.15, 0.2) is 18.2 Å². The van der Waals surface area contributed by atoms with E-state index in [2.05, 4.69) is 10.6 Å². The van der Waals surface area contributed by atoms with Gasteiger partial charge >= 0.3 is 0 Å². The molecule has 0 fully saturated rings. The van der Waals surface area contributed by atoms with Gasteiger partial charge in [0.15, 0.2) is 0 Å². The second kappa shape index (κ2) is 6.57. The monoisotopic (exact) mass is 258 g/mol. The molecule has 94 valence electrons. The van der Waals surface area contributed by atoms with Crippen molar-refractivity contribution >= 4 is 17.5 Å². The van der Waals surface area contributed by atoms with E-state index in [1.54, 1.807) is 0 Å². The molecular weight excluding hydrogens is 243 g/mol. The number of carbonyl (C=O) groups excluding carboxylic acids is 1. The van der Waals surface area contributed by atoms with Crippen LogP contribution in [0.5, 0.6) is 0 Å². The lowest BCUT2D eigenvalue weighted by Crippen LogP contribution is -2.34. The molecule has 0 radical (unpaired) electrons.